The summed E-state index contributed by atoms with van der Waals surface area (Å²) in [4.78, 5) is 20.4. The molecule has 0 rings (SSSR count). The number of hydrogen-bond donors (Lipinski definition) is 2. The summed E-state index contributed by atoms with van der Waals surface area (Å²) in [5.74, 6) is -0.0955. The highest BCUT2D eigenvalue weighted by Crippen LogP contribution is 2.44. The molecule has 0 saturated carbocycles. The second-order valence-corrected chi connectivity index (χ2v) is 5.92. The number of nitrogens with one attached hydrogen (secondary N) is 1. The quantitative estimate of drug-likeness (QED) is 0.466. The van der Waals surface area contributed by atoms with E-state index in [0.717, 1.165) is 0 Å². The molecule has 0 heterocycles. The average Bonchev–Trinajstić information content (AvgIpc) is 2.25. The van der Waals surface area contributed by atoms with E-state index < -0.39 is 7.82 Å². The van der Waals surface area contributed by atoms with Crippen LogP contribution in [0.4, 0.5) is 0 Å². The van der Waals surface area contributed by atoms with Crippen molar-refractivity contribution in [1.29, 1.82) is 0 Å². The highest BCUT2D eigenvalue weighted by atomic mass is 31.2. The van der Waals surface area contributed by atoms with Gasteiger partial charge in [0.15, 0.2) is 0 Å². The molecular formula is C11H24NO6P. The van der Waals surface area contributed by atoms with Crippen LogP contribution in [0.25, 0.3) is 0 Å². The van der Waals surface area contributed by atoms with E-state index in [2.05, 4.69) is 9.84 Å². The standard InChI is InChI=1S/C11H24NO6P/c1-9(2)11(13)12-5-6-16-7-8-17-19(14,15)18-10(3)4/h9-10H,5-8H2,1-4H3,(H,12,13)(H,14,15). The fourth-order valence-corrected chi connectivity index (χ4v) is 1.96. The third-order valence-electron chi connectivity index (χ3n) is 1.90. The van der Waals surface area contributed by atoms with Crippen molar-refractivity contribution in [3.63, 3.8) is 0 Å². The van der Waals surface area contributed by atoms with Crippen molar-refractivity contribution in [2.75, 3.05) is 26.4 Å². The van der Waals surface area contributed by atoms with E-state index in [1.807, 2.05) is 0 Å². The fourth-order valence-electron chi connectivity index (χ4n) is 1.06. The van der Waals surface area contributed by atoms with Gasteiger partial charge in [-0.05, 0) is 13.8 Å². The predicted molar refractivity (Wildman–Crippen MR) is 70.7 cm³/mol. The Labute approximate surface area is 114 Å². The van der Waals surface area contributed by atoms with Gasteiger partial charge in [0.1, 0.15) is 0 Å². The summed E-state index contributed by atoms with van der Waals surface area (Å²) in [6, 6.07) is 0. The van der Waals surface area contributed by atoms with Gasteiger partial charge in [0, 0.05) is 12.5 Å². The second-order valence-electron chi connectivity index (χ2n) is 4.51. The molecule has 0 radical (unpaired) electrons. The lowest BCUT2D eigenvalue weighted by atomic mass is 10.2. The molecule has 0 aliphatic carbocycles. The molecule has 1 unspecified atom stereocenters. The number of rotatable bonds is 10. The van der Waals surface area contributed by atoms with Crippen molar-refractivity contribution < 1.29 is 28.0 Å². The Balaban J connectivity index is 3.51. The van der Waals surface area contributed by atoms with Gasteiger partial charge in [-0.2, -0.15) is 0 Å². The van der Waals surface area contributed by atoms with Crippen molar-refractivity contribution in [3.05, 3.63) is 0 Å². The first-order valence-electron chi connectivity index (χ1n) is 6.26. The molecule has 114 valence electrons. The molecule has 0 aromatic rings. The third-order valence-corrected chi connectivity index (χ3v) is 3.09. The maximum atomic E-state index is 11.3. The topological polar surface area (TPSA) is 94.1 Å². The number of ether oxygens (including phenoxy) is 1. The lowest BCUT2D eigenvalue weighted by Gasteiger charge is -2.14. The van der Waals surface area contributed by atoms with E-state index in [9.17, 15) is 14.3 Å². The van der Waals surface area contributed by atoms with E-state index in [0.29, 0.717) is 13.2 Å². The zero-order chi connectivity index (χ0) is 14.9. The van der Waals surface area contributed by atoms with Gasteiger partial charge in [-0.1, -0.05) is 13.8 Å². The Morgan fingerprint density at radius 1 is 1.21 bits per heavy atom. The van der Waals surface area contributed by atoms with Gasteiger partial charge in [0.2, 0.25) is 5.91 Å². The molecule has 0 saturated heterocycles. The largest absolute Gasteiger partial charge is 0.472 e. The molecule has 1 amide bonds. The molecular weight excluding hydrogens is 273 g/mol. The Bertz CT molecular complexity index is 308. The molecule has 0 aromatic carbocycles. The molecule has 0 aromatic heterocycles. The van der Waals surface area contributed by atoms with E-state index in [-0.39, 0.29) is 31.1 Å². The second kappa shape index (κ2) is 9.44. The van der Waals surface area contributed by atoms with Crippen molar-refractivity contribution in [3.8, 4) is 0 Å². The first-order valence-corrected chi connectivity index (χ1v) is 7.75. The van der Waals surface area contributed by atoms with E-state index >= 15 is 0 Å². The van der Waals surface area contributed by atoms with Crippen LogP contribution in [-0.4, -0.2) is 43.3 Å². The maximum absolute atomic E-state index is 11.3. The summed E-state index contributed by atoms with van der Waals surface area (Å²) in [5, 5.41) is 2.68. The van der Waals surface area contributed by atoms with Crippen LogP contribution in [0.2, 0.25) is 0 Å². The molecule has 1 atom stereocenters. The van der Waals surface area contributed by atoms with Crippen LogP contribution < -0.4 is 5.32 Å². The first-order chi connectivity index (χ1) is 8.74. The normalized spacial score (nSPS) is 14.7. The van der Waals surface area contributed by atoms with Crippen LogP contribution in [0.5, 0.6) is 0 Å². The Hall–Kier alpha value is -0.460. The first kappa shape index (κ1) is 18.5. The number of carbonyl (C=O) groups is 1. The average molecular weight is 297 g/mol. The number of phosphoric ester groups is 1. The van der Waals surface area contributed by atoms with Crippen LogP contribution in [-0.2, 0) is 23.1 Å². The van der Waals surface area contributed by atoms with Crippen molar-refractivity contribution >= 4 is 13.7 Å². The van der Waals surface area contributed by atoms with Crippen molar-refractivity contribution in [1.82, 2.24) is 5.32 Å². The van der Waals surface area contributed by atoms with Gasteiger partial charge in [0.05, 0.1) is 25.9 Å². The summed E-state index contributed by atoms with van der Waals surface area (Å²) in [7, 11) is -3.98. The summed E-state index contributed by atoms with van der Waals surface area (Å²) in [6.45, 7) is 7.72. The Kier molecular flexibility index (Phi) is 9.22. The zero-order valence-electron chi connectivity index (χ0n) is 11.9. The number of hydrogen-bond acceptors (Lipinski definition) is 5. The van der Waals surface area contributed by atoms with Crippen molar-refractivity contribution in [2.24, 2.45) is 5.92 Å². The Morgan fingerprint density at radius 3 is 2.37 bits per heavy atom. The smallest absolute Gasteiger partial charge is 0.377 e. The molecule has 7 nitrogen and oxygen atoms in total. The number of phosphoric acid groups is 1. The van der Waals surface area contributed by atoms with E-state index in [1.165, 1.54) is 0 Å². The summed E-state index contributed by atoms with van der Waals surface area (Å²) < 4.78 is 25.8. The van der Waals surface area contributed by atoms with Crippen LogP contribution in [0, 0.1) is 5.92 Å². The minimum absolute atomic E-state index is 0.0370. The molecule has 8 heteroatoms. The molecule has 19 heavy (non-hydrogen) atoms. The zero-order valence-corrected chi connectivity index (χ0v) is 12.8. The van der Waals surface area contributed by atoms with Crippen molar-refractivity contribution in [2.45, 2.75) is 33.8 Å². The highest BCUT2D eigenvalue weighted by Gasteiger charge is 2.22. The number of carbonyl (C=O) groups excluding carboxylic acids is 1. The van der Waals surface area contributed by atoms with E-state index in [1.54, 1.807) is 27.7 Å². The molecule has 0 aliphatic heterocycles. The van der Waals surface area contributed by atoms with Gasteiger partial charge in [0.25, 0.3) is 0 Å². The minimum Gasteiger partial charge on any atom is -0.377 e. The van der Waals surface area contributed by atoms with Gasteiger partial charge in [-0.25, -0.2) is 4.57 Å². The summed E-state index contributed by atoms with van der Waals surface area (Å²) in [5.41, 5.74) is 0. The molecule has 0 aliphatic rings. The van der Waals surface area contributed by atoms with Crippen LogP contribution in [0.3, 0.4) is 0 Å². The maximum Gasteiger partial charge on any atom is 0.472 e. The summed E-state index contributed by atoms with van der Waals surface area (Å²) in [6.07, 6.45) is -0.386. The predicted octanol–water partition coefficient (Wildman–Crippen LogP) is 1.32. The monoisotopic (exact) mass is 297 g/mol. The molecule has 0 fully saturated rings. The van der Waals surface area contributed by atoms with Gasteiger partial charge in [-0.3, -0.25) is 13.8 Å². The van der Waals surface area contributed by atoms with Crippen LogP contribution >= 0.6 is 7.82 Å². The highest BCUT2D eigenvalue weighted by molar-refractivity contribution is 7.47. The third kappa shape index (κ3) is 11.1. The number of amides is 1. The van der Waals surface area contributed by atoms with Crippen LogP contribution in [0.15, 0.2) is 0 Å². The van der Waals surface area contributed by atoms with E-state index in [4.69, 9.17) is 9.26 Å². The lowest BCUT2D eigenvalue weighted by molar-refractivity contribution is -0.124. The fraction of sp³-hybridized carbons (Fsp3) is 0.909. The van der Waals surface area contributed by atoms with Gasteiger partial charge < -0.3 is 14.9 Å². The minimum atomic E-state index is -3.98. The van der Waals surface area contributed by atoms with Gasteiger partial charge >= 0.3 is 7.82 Å². The Morgan fingerprint density at radius 2 is 1.84 bits per heavy atom. The lowest BCUT2D eigenvalue weighted by Crippen LogP contribution is -2.30. The SMILES string of the molecule is CC(C)OP(=O)(O)OCCOCCNC(=O)C(C)C. The van der Waals surface area contributed by atoms with Crippen LogP contribution in [0.1, 0.15) is 27.7 Å². The molecule has 0 spiro atoms. The molecule has 0 bridgehead atoms. The summed E-state index contributed by atoms with van der Waals surface area (Å²) >= 11 is 0. The van der Waals surface area contributed by atoms with Gasteiger partial charge in [-0.15, -0.1) is 0 Å². The molecule has 2 N–H and O–H groups in total.